The highest BCUT2D eigenvalue weighted by atomic mass is 16.1. The number of carbonyl (C=O) groups excluding carboxylic acids is 1. The summed E-state index contributed by atoms with van der Waals surface area (Å²) in [6, 6.07) is 11.8. The van der Waals surface area contributed by atoms with Gasteiger partial charge in [-0.15, -0.1) is 0 Å². The zero-order valence-corrected chi connectivity index (χ0v) is 7.45. The lowest BCUT2D eigenvalue weighted by Gasteiger charge is -2.02. The zero-order valence-electron chi connectivity index (χ0n) is 7.45. The molecule has 0 unspecified atom stereocenters. The van der Waals surface area contributed by atoms with Crippen molar-refractivity contribution in [1.29, 1.82) is 0 Å². The minimum Gasteiger partial charge on any atom is -0.298 e. The molecule has 0 aromatic heterocycles. The van der Waals surface area contributed by atoms with Crippen LogP contribution in [-0.2, 0) is 0 Å². The topological polar surface area (TPSA) is 17.1 Å². The second-order valence-electron chi connectivity index (χ2n) is 3.14. The highest BCUT2D eigenvalue weighted by molar-refractivity contribution is 5.99. The Balaban J connectivity index is 2.92. The predicted octanol–water partition coefficient (Wildman–Crippen LogP) is 2.96. The van der Waals surface area contributed by atoms with Gasteiger partial charge in [0.05, 0.1) is 0 Å². The molecule has 0 aliphatic heterocycles. The average Bonchev–Trinajstić information content (AvgIpc) is 2.18. The standard InChI is InChI=1S/C12H10O/c1-9-4-2-7-12-10(8-13)5-3-6-11(9)12/h2-8H,1H3. The first-order valence-electron chi connectivity index (χ1n) is 4.26. The molecule has 2 aromatic rings. The lowest BCUT2D eigenvalue weighted by molar-refractivity contribution is 0.112. The molecule has 0 radical (unpaired) electrons. The Morgan fingerprint density at radius 3 is 2.46 bits per heavy atom. The SMILES string of the molecule is Cc1cccc2c(C=O)cccc12. The van der Waals surface area contributed by atoms with Gasteiger partial charge in [-0.05, 0) is 23.3 Å². The van der Waals surface area contributed by atoms with Crippen molar-refractivity contribution in [2.45, 2.75) is 6.92 Å². The molecule has 0 heterocycles. The molecule has 13 heavy (non-hydrogen) atoms. The van der Waals surface area contributed by atoms with Crippen molar-refractivity contribution < 1.29 is 4.79 Å². The van der Waals surface area contributed by atoms with Crippen LogP contribution in [-0.4, -0.2) is 6.29 Å². The molecule has 0 N–H and O–H groups in total. The maximum absolute atomic E-state index is 10.7. The molecule has 0 amide bonds. The van der Waals surface area contributed by atoms with Gasteiger partial charge in [-0.2, -0.15) is 0 Å². The van der Waals surface area contributed by atoms with Crippen LogP contribution in [0.25, 0.3) is 10.8 Å². The van der Waals surface area contributed by atoms with Gasteiger partial charge >= 0.3 is 0 Å². The lowest BCUT2D eigenvalue weighted by Crippen LogP contribution is -1.84. The van der Waals surface area contributed by atoms with Gasteiger partial charge in [-0.1, -0.05) is 36.4 Å². The summed E-state index contributed by atoms with van der Waals surface area (Å²) in [5.74, 6) is 0. The van der Waals surface area contributed by atoms with Gasteiger partial charge in [-0.25, -0.2) is 0 Å². The van der Waals surface area contributed by atoms with Crippen LogP contribution in [0, 0.1) is 6.92 Å². The van der Waals surface area contributed by atoms with E-state index in [2.05, 4.69) is 13.0 Å². The molecule has 0 atom stereocenters. The molecule has 64 valence electrons. The number of benzene rings is 2. The van der Waals surface area contributed by atoms with Gasteiger partial charge in [0.2, 0.25) is 0 Å². The van der Waals surface area contributed by atoms with E-state index in [0.717, 1.165) is 22.6 Å². The third-order valence-corrected chi connectivity index (χ3v) is 2.30. The van der Waals surface area contributed by atoms with Crippen LogP contribution in [0.3, 0.4) is 0 Å². The van der Waals surface area contributed by atoms with E-state index in [1.54, 1.807) is 0 Å². The molecule has 0 aliphatic rings. The fourth-order valence-electron chi connectivity index (χ4n) is 1.59. The Morgan fingerprint density at radius 2 is 1.69 bits per heavy atom. The lowest BCUT2D eigenvalue weighted by atomic mass is 10.0. The minimum atomic E-state index is 0.765. The second-order valence-corrected chi connectivity index (χ2v) is 3.14. The molecular formula is C12H10O. The number of rotatable bonds is 1. The fourth-order valence-corrected chi connectivity index (χ4v) is 1.59. The molecular weight excluding hydrogens is 160 g/mol. The van der Waals surface area contributed by atoms with Crippen LogP contribution < -0.4 is 0 Å². The normalized spacial score (nSPS) is 10.2. The first-order valence-corrected chi connectivity index (χ1v) is 4.26. The van der Waals surface area contributed by atoms with Crippen LogP contribution >= 0.6 is 0 Å². The Kier molecular flexibility index (Phi) is 1.85. The quantitative estimate of drug-likeness (QED) is 0.601. The minimum absolute atomic E-state index is 0.765. The van der Waals surface area contributed by atoms with E-state index in [1.807, 2.05) is 30.3 Å². The van der Waals surface area contributed by atoms with Crippen molar-refractivity contribution in [1.82, 2.24) is 0 Å². The highest BCUT2D eigenvalue weighted by Gasteiger charge is 1.99. The summed E-state index contributed by atoms with van der Waals surface area (Å²) in [6.45, 7) is 2.05. The number of hydrogen-bond donors (Lipinski definition) is 0. The fraction of sp³-hybridized carbons (Fsp3) is 0.0833. The van der Waals surface area contributed by atoms with Crippen molar-refractivity contribution >= 4 is 17.1 Å². The number of carbonyl (C=O) groups is 1. The number of hydrogen-bond acceptors (Lipinski definition) is 1. The maximum atomic E-state index is 10.7. The van der Waals surface area contributed by atoms with E-state index >= 15 is 0 Å². The van der Waals surface area contributed by atoms with E-state index in [9.17, 15) is 4.79 Å². The van der Waals surface area contributed by atoms with E-state index in [-0.39, 0.29) is 0 Å². The number of aldehydes is 1. The van der Waals surface area contributed by atoms with Crippen LogP contribution in [0.15, 0.2) is 36.4 Å². The summed E-state index contributed by atoms with van der Waals surface area (Å²) >= 11 is 0. The summed E-state index contributed by atoms with van der Waals surface area (Å²) in [5.41, 5.74) is 1.97. The third kappa shape index (κ3) is 1.22. The molecule has 0 fully saturated rings. The van der Waals surface area contributed by atoms with Gasteiger partial charge < -0.3 is 0 Å². The summed E-state index contributed by atoms with van der Waals surface area (Å²) < 4.78 is 0. The summed E-state index contributed by atoms with van der Waals surface area (Å²) in [4.78, 5) is 10.7. The van der Waals surface area contributed by atoms with Gasteiger partial charge in [0.25, 0.3) is 0 Å². The molecule has 2 aromatic carbocycles. The van der Waals surface area contributed by atoms with E-state index < -0.39 is 0 Å². The first kappa shape index (κ1) is 7.99. The molecule has 0 bridgehead atoms. The summed E-state index contributed by atoms with van der Waals surface area (Å²) in [6.07, 6.45) is 0.905. The smallest absolute Gasteiger partial charge is 0.150 e. The molecule has 1 heteroatoms. The Bertz CT molecular complexity index is 458. The summed E-state index contributed by atoms with van der Waals surface area (Å²) in [7, 11) is 0. The third-order valence-electron chi connectivity index (χ3n) is 2.30. The van der Waals surface area contributed by atoms with Gasteiger partial charge in [-0.3, -0.25) is 4.79 Å². The van der Waals surface area contributed by atoms with Crippen molar-refractivity contribution in [3.8, 4) is 0 Å². The predicted molar refractivity (Wildman–Crippen MR) is 54.1 cm³/mol. The number of aryl methyl sites for hydroxylation is 1. The van der Waals surface area contributed by atoms with Crippen molar-refractivity contribution in [2.75, 3.05) is 0 Å². The van der Waals surface area contributed by atoms with Crippen LogP contribution in [0.1, 0.15) is 15.9 Å². The van der Waals surface area contributed by atoms with Crippen LogP contribution in [0.5, 0.6) is 0 Å². The molecule has 0 saturated carbocycles. The van der Waals surface area contributed by atoms with Crippen molar-refractivity contribution in [2.24, 2.45) is 0 Å². The number of fused-ring (bicyclic) bond motifs is 1. The molecule has 0 saturated heterocycles. The molecule has 1 nitrogen and oxygen atoms in total. The second kappa shape index (κ2) is 3.02. The van der Waals surface area contributed by atoms with Gasteiger partial charge in [0, 0.05) is 5.56 Å². The van der Waals surface area contributed by atoms with E-state index in [4.69, 9.17) is 0 Å². The van der Waals surface area contributed by atoms with Crippen LogP contribution in [0.4, 0.5) is 0 Å². The van der Waals surface area contributed by atoms with E-state index in [0.29, 0.717) is 0 Å². The van der Waals surface area contributed by atoms with Gasteiger partial charge in [0.15, 0.2) is 6.29 Å². The first-order chi connectivity index (χ1) is 6.33. The van der Waals surface area contributed by atoms with Gasteiger partial charge in [0.1, 0.15) is 0 Å². The van der Waals surface area contributed by atoms with Crippen molar-refractivity contribution in [3.63, 3.8) is 0 Å². The Labute approximate surface area is 77.0 Å². The largest absolute Gasteiger partial charge is 0.298 e. The van der Waals surface area contributed by atoms with Crippen molar-refractivity contribution in [3.05, 3.63) is 47.5 Å². The zero-order chi connectivity index (χ0) is 9.26. The average molecular weight is 170 g/mol. The molecule has 2 rings (SSSR count). The summed E-state index contributed by atoms with van der Waals surface area (Å²) in [5, 5.41) is 2.20. The highest BCUT2D eigenvalue weighted by Crippen LogP contribution is 2.20. The Morgan fingerprint density at radius 1 is 1.00 bits per heavy atom. The monoisotopic (exact) mass is 170 g/mol. The van der Waals surface area contributed by atoms with Crippen LogP contribution in [0.2, 0.25) is 0 Å². The van der Waals surface area contributed by atoms with E-state index in [1.165, 1.54) is 5.56 Å². The molecule has 0 aliphatic carbocycles. The molecule has 0 spiro atoms. The Hall–Kier alpha value is -1.63. The maximum Gasteiger partial charge on any atom is 0.150 e.